The number of carbonyl (C=O) groups is 1. The molecule has 0 saturated carbocycles. The minimum atomic E-state index is -0.239. The SMILES string of the molecule is O=C(NC(=S)Nc1ccccc1-c1nc2ccccc2o1)c1cccs1. The first-order valence-electron chi connectivity index (χ1n) is 7.81. The van der Waals surface area contributed by atoms with Gasteiger partial charge in [0.15, 0.2) is 10.7 Å². The van der Waals surface area contributed by atoms with E-state index in [1.54, 1.807) is 6.07 Å². The molecule has 0 fully saturated rings. The maximum Gasteiger partial charge on any atom is 0.267 e. The van der Waals surface area contributed by atoms with Gasteiger partial charge in [0.2, 0.25) is 5.89 Å². The Labute approximate surface area is 158 Å². The Balaban J connectivity index is 1.57. The van der Waals surface area contributed by atoms with Crippen LogP contribution in [0.1, 0.15) is 9.67 Å². The number of oxazole rings is 1. The van der Waals surface area contributed by atoms with E-state index >= 15 is 0 Å². The van der Waals surface area contributed by atoms with E-state index in [0.29, 0.717) is 22.0 Å². The second-order valence-electron chi connectivity index (χ2n) is 5.42. The van der Waals surface area contributed by atoms with Crippen molar-refractivity contribution in [3.05, 3.63) is 70.9 Å². The van der Waals surface area contributed by atoms with Crippen LogP contribution in [-0.2, 0) is 0 Å². The number of carbonyl (C=O) groups excluding carboxylic acids is 1. The van der Waals surface area contributed by atoms with Crippen LogP contribution in [0.25, 0.3) is 22.6 Å². The number of aromatic nitrogens is 1. The number of rotatable bonds is 3. The summed E-state index contributed by atoms with van der Waals surface area (Å²) in [6, 6.07) is 18.6. The van der Waals surface area contributed by atoms with Crippen molar-refractivity contribution in [2.24, 2.45) is 0 Å². The lowest BCUT2D eigenvalue weighted by atomic mass is 10.2. The molecule has 0 bridgehead atoms. The van der Waals surface area contributed by atoms with Crippen LogP contribution in [0.5, 0.6) is 0 Å². The molecular formula is C19H13N3O2S2. The average Bonchev–Trinajstić information content (AvgIpc) is 3.31. The quantitative estimate of drug-likeness (QED) is 0.506. The Hall–Kier alpha value is -3.03. The fourth-order valence-electron chi connectivity index (χ4n) is 2.49. The molecule has 2 aromatic carbocycles. The first-order chi connectivity index (χ1) is 12.7. The van der Waals surface area contributed by atoms with Crippen molar-refractivity contribution >= 4 is 51.4 Å². The van der Waals surface area contributed by atoms with E-state index in [9.17, 15) is 4.79 Å². The van der Waals surface area contributed by atoms with Gasteiger partial charge in [0.05, 0.1) is 16.1 Å². The van der Waals surface area contributed by atoms with Crippen LogP contribution in [0, 0.1) is 0 Å². The standard InChI is InChI=1S/C19H13N3O2S2/c23-17(16-10-5-11-26-16)22-19(25)21-13-7-2-1-6-12(13)18-20-14-8-3-4-9-15(14)24-18/h1-11H,(H2,21,22,23,25). The highest BCUT2D eigenvalue weighted by molar-refractivity contribution is 7.80. The lowest BCUT2D eigenvalue weighted by molar-refractivity contribution is 0.0981. The molecule has 0 radical (unpaired) electrons. The third kappa shape index (κ3) is 3.35. The van der Waals surface area contributed by atoms with Crippen LogP contribution in [0.4, 0.5) is 5.69 Å². The van der Waals surface area contributed by atoms with Crippen LogP contribution >= 0.6 is 23.6 Å². The summed E-state index contributed by atoms with van der Waals surface area (Å²) in [5, 5.41) is 7.78. The smallest absolute Gasteiger partial charge is 0.267 e. The second-order valence-corrected chi connectivity index (χ2v) is 6.77. The highest BCUT2D eigenvalue weighted by Crippen LogP contribution is 2.29. The summed E-state index contributed by atoms with van der Waals surface area (Å²) < 4.78 is 5.84. The molecule has 4 aromatic rings. The number of thiophene rings is 1. The van der Waals surface area contributed by atoms with Gasteiger partial charge >= 0.3 is 0 Å². The largest absolute Gasteiger partial charge is 0.436 e. The summed E-state index contributed by atoms with van der Waals surface area (Å²) >= 11 is 6.63. The molecule has 7 heteroatoms. The van der Waals surface area contributed by atoms with E-state index < -0.39 is 0 Å². The zero-order valence-corrected chi connectivity index (χ0v) is 15.1. The van der Waals surface area contributed by atoms with Crippen molar-refractivity contribution in [3.63, 3.8) is 0 Å². The number of amides is 1. The van der Waals surface area contributed by atoms with Gasteiger partial charge in [0.25, 0.3) is 5.91 Å². The first kappa shape index (κ1) is 16.4. The van der Waals surface area contributed by atoms with Crippen molar-refractivity contribution in [3.8, 4) is 11.5 Å². The fraction of sp³-hybridized carbons (Fsp3) is 0. The molecular weight excluding hydrogens is 366 g/mol. The Morgan fingerprint density at radius 3 is 2.65 bits per heavy atom. The number of para-hydroxylation sites is 3. The summed E-state index contributed by atoms with van der Waals surface area (Å²) in [6.45, 7) is 0. The van der Waals surface area contributed by atoms with Crippen molar-refractivity contribution in [1.29, 1.82) is 0 Å². The van der Waals surface area contributed by atoms with Gasteiger partial charge in [0.1, 0.15) is 5.52 Å². The predicted octanol–water partition coefficient (Wildman–Crippen LogP) is 4.68. The van der Waals surface area contributed by atoms with Gasteiger partial charge in [-0.15, -0.1) is 11.3 Å². The highest BCUT2D eigenvalue weighted by atomic mass is 32.1. The molecule has 5 nitrogen and oxygen atoms in total. The lowest BCUT2D eigenvalue weighted by Crippen LogP contribution is -2.33. The molecule has 4 rings (SSSR count). The number of fused-ring (bicyclic) bond motifs is 1. The Kier molecular flexibility index (Phi) is 4.47. The van der Waals surface area contributed by atoms with E-state index in [1.165, 1.54) is 11.3 Å². The molecule has 128 valence electrons. The normalized spacial score (nSPS) is 10.6. The van der Waals surface area contributed by atoms with E-state index in [1.807, 2.05) is 60.0 Å². The molecule has 0 atom stereocenters. The molecule has 0 aliphatic carbocycles. The van der Waals surface area contributed by atoms with Crippen molar-refractivity contribution in [2.75, 3.05) is 5.32 Å². The topological polar surface area (TPSA) is 67.2 Å². The molecule has 0 spiro atoms. The number of anilines is 1. The monoisotopic (exact) mass is 379 g/mol. The van der Waals surface area contributed by atoms with Crippen LogP contribution in [-0.4, -0.2) is 16.0 Å². The maximum absolute atomic E-state index is 12.1. The molecule has 0 unspecified atom stereocenters. The summed E-state index contributed by atoms with van der Waals surface area (Å²) in [5.41, 5.74) is 2.96. The van der Waals surface area contributed by atoms with Gasteiger partial charge in [-0.25, -0.2) is 4.98 Å². The van der Waals surface area contributed by atoms with Gasteiger partial charge in [-0.2, -0.15) is 0 Å². The van der Waals surface area contributed by atoms with E-state index in [0.717, 1.165) is 11.1 Å². The first-order valence-corrected chi connectivity index (χ1v) is 9.10. The van der Waals surface area contributed by atoms with Gasteiger partial charge in [-0.3, -0.25) is 10.1 Å². The fourth-order valence-corrected chi connectivity index (χ4v) is 3.31. The minimum absolute atomic E-state index is 0.215. The summed E-state index contributed by atoms with van der Waals surface area (Å²) in [6.07, 6.45) is 0. The Bertz CT molecular complexity index is 1050. The van der Waals surface area contributed by atoms with E-state index in [-0.39, 0.29) is 11.0 Å². The zero-order chi connectivity index (χ0) is 17.9. The van der Waals surface area contributed by atoms with Gasteiger partial charge in [-0.1, -0.05) is 30.3 Å². The minimum Gasteiger partial charge on any atom is -0.436 e. The predicted molar refractivity (Wildman–Crippen MR) is 107 cm³/mol. The Morgan fingerprint density at radius 1 is 1.04 bits per heavy atom. The molecule has 0 saturated heterocycles. The summed E-state index contributed by atoms with van der Waals surface area (Å²) in [4.78, 5) is 17.2. The molecule has 2 heterocycles. The number of hydrogen-bond donors (Lipinski definition) is 2. The van der Waals surface area contributed by atoms with Crippen LogP contribution in [0.3, 0.4) is 0 Å². The van der Waals surface area contributed by atoms with Crippen LogP contribution in [0.15, 0.2) is 70.5 Å². The van der Waals surface area contributed by atoms with Crippen molar-refractivity contribution in [1.82, 2.24) is 10.3 Å². The Morgan fingerprint density at radius 2 is 1.85 bits per heavy atom. The van der Waals surface area contributed by atoms with Gasteiger partial charge < -0.3 is 9.73 Å². The second kappa shape index (κ2) is 7.07. The van der Waals surface area contributed by atoms with E-state index in [4.69, 9.17) is 16.6 Å². The summed E-state index contributed by atoms with van der Waals surface area (Å²) in [5.74, 6) is 0.249. The maximum atomic E-state index is 12.1. The van der Waals surface area contributed by atoms with Crippen LogP contribution in [0.2, 0.25) is 0 Å². The van der Waals surface area contributed by atoms with E-state index in [2.05, 4.69) is 15.6 Å². The third-order valence-electron chi connectivity index (χ3n) is 3.67. The zero-order valence-electron chi connectivity index (χ0n) is 13.4. The molecule has 26 heavy (non-hydrogen) atoms. The number of nitrogens with zero attached hydrogens (tertiary/aromatic N) is 1. The number of benzene rings is 2. The summed E-state index contributed by atoms with van der Waals surface area (Å²) in [7, 11) is 0. The lowest BCUT2D eigenvalue weighted by Gasteiger charge is -2.11. The highest BCUT2D eigenvalue weighted by Gasteiger charge is 2.14. The number of nitrogens with one attached hydrogen (secondary N) is 2. The number of hydrogen-bond acceptors (Lipinski definition) is 5. The molecule has 1 amide bonds. The van der Waals surface area contributed by atoms with Crippen molar-refractivity contribution < 1.29 is 9.21 Å². The number of thiocarbonyl (C=S) groups is 1. The van der Waals surface area contributed by atoms with Crippen LogP contribution < -0.4 is 10.6 Å². The molecule has 0 aliphatic rings. The average molecular weight is 379 g/mol. The van der Waals surface area contributed by atoms with Gasteiger partial charge in [-0.05, 0) is 47.9 Å². The third-order valence-corrected chi connectivity index (χ3v) is 4.74. The van der Waals surface area contributed by atoms with Crippen molar-refractivity contribution in [2.45, 2.75) is 0 Å². The molecule has 0 aliphatic heterocycles. The molecule has 2 aromatic heterocycles. The van der Waals surface area contributed by atoms with Gasteiger partial charge in [0, 0.05) is 0 Å². The molecule has 2 N–H and O–H groups in total.